The fourth-order valence-corrected chi connectivity index (χ4v) is 3.52. The number of hydrogen-bond donors (Lipinski definition) is 0. The van der Waals surface area contributed by atoms with Crippen LogP contribution in [0.2, 0.25) is 0 Å². The minimum absolute atomic E-state index is 0.704. The van der Waals surface area contributed by atoms with Gasteiger partial charge in [0.25, 0.3) is 0 Å². The number of benzene rings is 1. The van der Waals surface area contributed by atoms with Gasteiger partial charge in [-0.15, -0.1) is 0 Å². The van der Waals surface area contributed by atoms with Crippen molar-refractivity contribution in [3.05, 3.63) is 29.3 Å². The van der Waals surface area contributed by atoms with Gasteiger partial charge in [-0.1, -0.05) is 19.1 Å². The average Bonchev–Trinajstić information content (AvgIpc) is 2.38. The second-order valence-electron chi connectivity index (χ2n) is 4.43. The molecule has 0 amide bonds. The van der Waals surface area contributed by atoms with Crippen molar-refractivity contribution >= 4 is 17.4 Å². The highest BCUT2D eigenvalue weighted by Gasteiger charge is 2.22. The van der Waals surface area contributed by atoms with Gasteiger partial charge < -0.3 is 4.90 Å². The standard InChI is InChI=1S/C14H18N2S/c1-3-13-10-16(7-8-17-13)14-11(2)5-4-6-12(14)9-15/h4-6,13H,3,7-8,10H2,1-2H3. The highest BCUT2D eigenvalue weighted by atomic mass is 32.2. The predicted molar refractivity (Wildman–Crippen MR) is 74.6 cm³/mol. The van der Waals surface area contributed by atoms with Gasteiger partial charge in [0.2, 0.25) is 0 Å². The second-order valence-corrected chi connectivity index (χ2v) is 5.84. The van der Waals surface area contributed by atoms with Gasteiger partial charge in [0.05, 0.1) is 11.3 Å². The van der Waals surface area contributed by atoms with E-state index in [4.69, 9.17) is 0 Å². The Kier molecular flexibility index (Phi) is 3.96. The molecule has 17 heavy (non-hydrogen) atoms. The highest BCUT2D eigenvalue weighted by molar-refractivity contribution is 8.00. The van der Waals surface area contributed by atoms with E-state index in [0.717, 1.165) is 30.1 Å². The Morgan fingerprint density at radius 1 is 1.53 bits per heavy atom. The fourth-order valence-electron chi connectivity index (χ4n) is 2.34. The minimum atomic E-state index is 0.704. The number of hydrogen-bond acceptors (Lipinski definition) is 3. The first-order valence-corrected chi connectivity index (χ1v) is 7.17. The Bertz CT molecular complexity index is 436. The summed E-state index contributed by atoms with van der Waals surface area (Å²) in [5.74, 6) is 1.16. The Labute approximate surface area is 108 Å². The van der Waals surface area contributed by atoms with Crippen molar-refractivity contribution in [2.75, 3.05) is 23.7 Å². The van der Waals surface area contributed by atoms with Crippen LogP contribution in [0.3, 0.4) is 0 Å². The molecule has 1 saturated heterocycles. The number of anilines is 1. The van der Waals surface area contributed by atoms with Gasteiger partial charge in [-0.05, 0) is 25.0 Å². The van der Waals surface area contributed by atoms with E-state index in [1.165, 1.54) is 12.0 Å². The van der Waals surface area contributed by atoms with E-state index in [9.17, 15) is 5.26 Å². The number of nitrogens with zero attached hydrogens (tertiary/aromatic N) is 2. The molecule has 0 spiro atoms. The van der Waals surface area contributed by atoms with Crippen LogP contribution in [-0.2, 0) is 0 Å². The summed E-state index contributed by atoms with van der Waals surface area (Å²) in [6.45, 7) is 6.46. The Morgan fingerprint density at radius 3 is 3.06 bits per heavy atom. The van der Waals surface area contributed by atoms with E-state index in [1.807, 2.05) is 12.1 Å². The molecule has 1 aromatic rings. The normalized spacial score (nSPS) is 20.1. The number of aryl methyl sites for hydroxylation is 1. The lowest BCUT2D eigenvalue weighted by Gasteiger charge is -2.35. The zero-order valence-corrected chi connectivity index (χ0v) is 11.3. The lowest BCUT2D eigenvalue weighted by molar-refractivity contribution is 0.726. The number of rotatable bonds is 2. The van der Waals surface area contributed by atoms with Crippen LogP contribution in [0.1, 0.15) is 24.5 Å². The summed E-state index contributed by atoms with van der Waals surface area (Å²) >= 11 is 2.06. The van der Waals surface area contributed by atoms with Crippen molar-refractivity contribution in [1.82, 2.24) is 0 Å². The summed E-state index contributed by atoms with van der Waals surface area (Å²) in [6.07, 6.45) is 1.20. The minimum Gasteiger partial charge on any atom is -0.368 e. The molecule has 1 aromatic carbocycles. The third kappa shape index (κ3) is 2.58. The lowest BCUT2D eigenvalue weighted by atomic mass is 10.1. The van der Waals surface area contributed by atoms with Gasteiger partial charge in [0.15, 0.2) is 0 Å². The molecule has 1 fully saturated rings. The first kappa shape index (κ1) is 12.3. The number of para-hydroxylation sites is 1. The summed E-state index contributed by atoms with van der Waals surface area (Å²) < 4.78 is 0. The molecule has 0 aliphatic carbocycles. The third-order valence-corrected chi connectivity index (χ3v) is 4.64. The van der Waals surface area contributed by atoms with Crippen molar-refractivity contribution in [3.63, 3.8) is 0 Å². The zero-order valence-electron chi connectivity index (χ0n) is 10.4. The van der Waals surface area contributed by atoms with Gasteiger partial charge in [-0.2, -0.15) is 17.0 Å². The lowest BCUT2D eigenvalue weighted by Crippen LogP contribution is -2.38. The molecular weight excluding hydrogens is 228 g/mol. The van der Waals surface area contributed by atoms with E-state index in [-0.39, 0.29) is 0 Å². The van der Waals surface area contributed by atoms with E-state index >= 15 is 0 Å². The van der Waals surface area contributed by atoms with Crippen LogP contribution >= 0.6 is 11.8 Å². The molecule has 1 aliphatic heterocycles. The molecule has 1 aliphatic rings. The molecule has 0 aromatic heterocycles. The zero-order chi connectivity index (χ0) is 12.3. The van der Waals surface area contributed by atoms with Crippen LogP contribution in [0.25, 0.3) is 0 Å². The highest BCUT2D eigenvalue weighted by Crippen LogP contribution is 2.30. The summed E-state index contributed by atoms with van der Waals surface area (Å²) in [5.41, 5.74) is 3.17. The molecule has 2 nitrogen and oxygen atoms in total. The largest absolute Gasteiger partial charge is 0.368 e. The predicted octanol–water partition coefficient (Wildman–Crippen LogP) is 3.20. The molecule has 1 heterocycles. The molecule has 3 heteroatoms. The van der Waals surface area contributed by atoms with Crippen LogP contribution in [0, 0.1) is 18.3 Å². The number of nitriles is 1. The molecular formula is C14H18N2S. The summed E-state index contributed by atoms with van der Waals surface area (Å²) in [6, 6.07) is 8.30. The van der Waals surface area contributed by atoms with Crippen LogP contribution in [-0.4, -0.2) is 24.1 Å². The first-order valence-electron chi connectivity index (χ1n) is 6.12. The summed E-state index contributed by atoms with van der Waals surface area (Å²) in [4.78, 5) is 2.39. The summed E-state index contributed by atoms with van der Waals surface area (Å²) in [5, 5.41) is 9.92. The molecule has 0 saturated carbocycles. The van der Waals surface area contributed by atoms with Crippen LogP contribution in [0.5, 0.6) is 0 Å². The SMILES string of the molecule is CCC1CN(c2c(C)cccc2C#N)CCS1. The average molecular weight is 246 g/mol. The molecule has 1 unspecified atom stereocenters. The maximum Gasteiger partial charge on any atom is 0.101 e. The molecule has 1 atom stereocenters. The van der Waals surface area contributed by atoms with Gasteiger partial charge >= 0.3 is 0 Å². The van der Waals surface area contributed by atoms with E-state index in [2.05, 4.69) is 42.6 Å². The molecule has 2 rings (SSSR count). The molecule has 0 bridgehead atoms. The van der Waals surface area contributed by atoms with Crippen LogP contribution in [0.15, 0.2) is 18.2 Å². The van der Waals surface area contributed by atoms with Gasteiger partial charge in [0, 0.05) is 24.1 Å². The second kappa shape index (κ2) is 5.46. The van der Waals surface area contributed by atoms with Crippen molar-refractivity contribution in [1.29, 1.82) is 5.26 Å². The molecule has 0 radical (unpaired) electrons. The first-order chi connectivity index (χ1) is 8.26. The van der Waals surface area contributed by atoms with E-state index in [0.29, 0.717) is 5.25 Å². The van der Waals surface area contributed by atoms with E-state index in [1.54, 1.807) is 0 Å². The Morgan fingerprint density at radius 2 is 2.35 bits per heavy atom. The van der Waals surface area contributed by atoms with Gasteiger partial charge in [-0.25, -0.2) is 0 Å². The molecule has 0 N–H and O–H groups in total. The van der Waals surface area contributed by atoms with Crippen molar-refractivity contribution in [2.45, 2.75) is 25.5 Å². The van der Waals surface area contributed by atoms with Gasteiger partial charge in [-0.3, -0.25) is 0 Å². The Balaban J connectivity index is 2.30. The fraction of sp³-hybridized carbons (Fsp3) is 0.500. The van der Waals surface area contributed by atoms with Crippen LogP contribution < -0.4 is 4.90 Å². The third-order valence-electron chi connectivity index (χ3n) is 3.27. The van der Waals surface area contributed by atoms with Gasteiger partial charge in [0.1, 0.15) is 6.07 Å². The number of thioether (sulfide) groups is 1. The maximum atomic E-state index is 9.21. The topological polar surface area (TPSA) is 27.0 Å². The van der Waals surface area contributed by atoms with E-state index < -0.39 is 0 Å². The molecule has 90 valence electrons. The maximum absolute atomic E-state index is 9.21. The van der Waals surface area contributed by atoms with Crippen LogP contribution in [0.4, 0.5) is 5.69 Å². The summed E-state index contributed by atoms with van der Waals surface area (Å²) in [7, 11) is 0. The van der Waals surface area contributed by atoms with Crippen molar-refractivity contribution in [2.24, 2.45) is 0 Å². The monoisotopic (exact) mass is 246 g/mol. The van der Waals surface area contributed by atoms with Crippen molar-refractivity contribution < 1.29 is 0 Å². The smallest absolute Gasteiger partial charge is 0.101 e. The van der Waals surface area contributed by atoms with Crippen molar-refractivity contribution in [3.8, 4) is 6.07 Å². The Hall–Kier alpha value is -1.14. The quantitative estimate of drug-likeness (QED) is 0.802.